The van der Waals surface area contributed by atoms with E-state index in [-0.39, 0.29) is 6.04 Å². The van der Waals surface area contributed by atoms with Gasteiger partial charge in [0.05, 0.1) is 6.04 Å². The topological polar surface area (TPSA) is 64.9 Å². The van der Waals surface area contributed by atoms with Gasteiger partial charge in [-0.3, -0.25) is 0 Å². The van der Waals surface area contributed by atoms with Crippen LogP contribution >= 0.6 is 0 Å². The van der Waals surface area contributed by atoms with E-state index in [4.69, 9.17) is 10.3 Å². The van der Waals surface area contributed by atoms with Crippen LogP contribution in [0.2, 0.25) is 0 Å². The summed E-state index contributed by atoms with van der Waals surface area (Å²) >= 11 is 0. The van der Waals surface area contributed by atoms with Crippen LogP contribution in [-0.2, 0) is 0 Å². The van der Waals surface area contributed by atoms with Crippen LogP contribution in [0.4, 0.5) is 0 Å². The number of nitrogens with zero attached hydrogens (tertiary/aromatic N) is 2. The van der Waals surface area contributed by atoms with Crippen molar-refractivity contribution in [2.24, 2.45) is 11.1 Å². The molecule has 1 aliphatic carbocycles. The lowest BCUT2D eigenvalue weighted by Crippen LogP contribution is -2.05. The van der Waals surface area contributed by atoms with Gasteiger partial charge in [0.2, 0.25) is 5.89 Å². The quantitative estimate of drug-likeness (QED) is 0.752. The van der Waals surface area contributed by atoms with Crippen LogP contribution in [0.15, 0.2) is 4.52 Å². The fraction of sp³-hybridized carbons (Fsp3) is 0.778. The molecular formula is C9H15N3O. The van der Waals surface area contributed by atoms with Gasteiger partial charge in [-0.05, 0) is 18.8 Å². The minimum Gasteiger partial charge on any atom is -0.338 e. The van der Waals surface area contributed by atoms with Crippen molar-refractivity contribution in [3.8, 4) is 0 Å². The molecule has 0 radical (unpaired) electrons. The second-order valence-corrected chi connectivity index (χ2v) is 4.52. The average molecular weight is 181 g/mol. The molecule has 2 atom stereocenters. The first-order chi connectivity index (χ1) is 6.00. The molecule has 1 aromatic rings. The van der Waals surface area contributed by atoms with Crippen LogP contribution < -0.4 is 5.73 Å². The zero-order valence-corrected chi connectivity index (χ0v) is 8.24. The smallest absolute Gasteiger partial charge is 0.243 e. The Balaban J connectivity index is 2.16. The number of aromatic nitrogens is 2. The van der Waals surface area contributed by atoms with E-state index in [9.17, 15) is 0 Å². The van der Waals surface area contributed by atoms with E-state index >= 15 is 0 Å². The van der Waals surface area contributed by atoms with Gasteiger partial charge in [0, 0.05) is 5.92 Å². The highest BCUT2D eigenvalue weighted by molar-refractivity contribution is 5.14. The number of hydrogen-bond donors (Lipinski definition) is 1. The first-order valence-corrected chi connectivity index (χ1v) is 4.60. The maximum absolute atomic E-state index is 5.62. The van der Waals surface area contributed by atoms with E-state index in [2.05, 4.69) is 24.0 Å². The first kappa shape index (κ1) is 8.69. The molecule has 0 amide bonds. The van der Waals surface area contributed by atoms with Crippen molar-refractivity contribution in [2.45, 2.75) is 39.2 Å². The van der Waals surface area contributed by atoms with E-state index in [0.29, 0.717) is 17.2 Å². The Morgan fingerprint density at radius 2 is 2.23 bits per heavy atom. The normalized spacial score (nSPS) is 27.2. The van der Waals surface area contributed by atoms with Gasteiger partial charge in [-0.2, -0.15) is 4.98 Å². The van der Waals surface area contributed by atoms with Crippen LogP contribution in [0.1, 0.15) is 50.9 Å². The Morgan fingerprint density at radius 1 is 1.62 bits per heavy atom. The fourth-order valence-corrected chi connectivity index (χ4v) is 1.48. The molecule has 4 heteroatoms. The molecule has 0 aliphatic heterocycles. The highest BCUT2D eigenvalue weighted by atomic mass is 16.5. The monoisotopic (exact) mass is 181 g/mol. The second kappa shape index (κ2) is 2.54. The Kier molecular flexibility index (Phi) is 1.70. The van der Waals surface area contributed by atoms with Gasteiger partial charge >= 0.3 is 0 Å². The van der Waals surface area contributed by atoms with E-state index in [1.54, 1.807) is 0 Å². The molecule has 1 aromatic heterocycles. The van der Waals surface area contributed by atoms with Crippen molar-refractivity contribution in [3.05, 3.63) is 11.7 Å². The van der Waals surface area contributed by atoms with Gasteiger partial charge in [-0.15, -0.1) is 0 Å². The molecule has 2 rings (SSSR count). The molecular weight excluding hydrogens is 166 g/mol. The van der Waals surface area contributed by atoms with Crippen molar-refractivity contribution in [1.82, 2.24) is 10.1 Å². The van der Waals surface area contributed by atoms with Crippen LogP contribution in [-0.4, -0.2) is 10.1 Å². The first-order valence-electron chi connectivity index (χ1n) is 4.60. The van der Waals surface area contributed by atoms with Gasteiger partial charge in [-0.25, -0.2) is 0 Å². The summed E-state index contributed by atoms with van der Waals surface area (Å²) in [7, 11) is 0. The van der Waals surface area contributed by atoms with Crippen LogP contribution in [0.5, 0.6) is 0 Å². The summed E-state index contributed by atoms with van der Waals surface area (Å²) in [4.78, 5) is 4.26. The predicted octanol–water partition coefficient (Wildman–Crippen LogP) is 1.60. The molecule has 72 valence electrons. The summed E-state index contributed by atoms with van der Waals surface area (Å²) in [5.74, 6) is 1.82. The highest BCUT2D eigenvalue weighted by Gasteiger charge is 2.49. The SMILES string of the molecule is C[C@H](N)c1nc(C2CC2(C)C)no1. The number of nitrogens with two attached hydrogens (primary N) is 1. The summed E-state index contributed by atoms with van der Waals surface area (Å²) in [6.07, 6.45) is 1.14. The number of hydrogen-bond acceptors (Lipinski definition) is 4. The standard InChI is InChI=1S/C9H15N3O/c1-5(10)8-11-7(12-13-8)6-4-9(6,2)3/h5-6H,4,10H2,1-3H3/t5-,6?/m0/s1. The molecule has 0 saturated heterocycles. The average Bonchev–Trinajstić information content (AvgIpc) is 2.50. The minimum atomic E-state index is -0.164. The van der Waals surface area contributed by atoms with Gasteiger partial charge in [0.1, 0.15) is 0 Å². The van der Waals surface area contributed by atoms with E-state index < -0.39 is 0 Å². The molecule has 0 aromatic carbocycles. The van der Waals surface area contributed by atoms with Crippen LogP contribution in [0, 0.1) is 5.41 Å². The lowest BCUT2D eigenvalue weighted by atomic mass is 10.1. The van der Waals surface area contributed by atoms with E-state index in [1.165, 1.54) is 0 Å². The third-order valence-electron chi connectivity index (χ3n) is 2.67. The molecule has 0 bridgehead atoms. The van der Waals surface area contributed by atoms with Crippen molar-refractivity contribution < 1.29 is 4.52 Å². The van der Waals surface area contributed by atoms with Crippen molar-refractivity contribution in [1.29, 1.82) is 0 Å². The molecule has 0 spiro atoms. The van der Waals surface area contributed by atoms with Crippen molar-refractivity contribution in [2.75, 3.05) is 0 Å². The molecule has 1 saturated carbocycles. The zero-order chi connectivity index (χ0) is 9.64. The maximum atomic E-state index is 5.62. The van der Waals surface area contributed by atoms with Crippen molar-refractivity contribution in [3.63, 3.8) is 0 Å². The summed E-state index contributed by atoms with van der Waals surface area (Å²) in [5, 5.41) is 3.93. The van der Waals surface area contributed by atoms with Gasteiger partial charge in [0.25, 0.3) is 0 Å². The number of rotatable bonds is 2. The molecule has 1 fully saturated rings. The van der Waals surface area contributed by atoms with E-state index in [1.807, 2.05) is 6.92 Å². The molecule has 4 nitrogen and oxygen atoms in total. The fourth-order valence-electron chi connectivity index (χ4n) is 1.48. The summed E-state index contributed by atoms with van der Waals surface area (Å²) in [6, 6.07) is -0.164. The third kappa shape index (κ3) is 1.46. The Morgan fingerprint density at radius 3 is 2.62 bits per heavy atom. The summed E-state index contributed by atoms with van der Waals surface area (Å²) in [5.41, 5.74) is 5.97. The summed E-state index contributed by atoms with van der Waals surface area (Å²) < 4.78 is 5.03. The minimum absolute atomic E-state index is 0.164. The molecule has 2 N–H and O–H groups in total. The zero-order valence-electron chi connectivity index (χ0n) is 8.24. The largest absolute Gasteiger partial charge is 0.338 e. The second-order valence-electron chi connectivity index (χ2n) is 4.52. The molecule has 1 aliphatic rings. The molecule has 1 heterocycles. The summed E-state index contributed by atoms with van der Waals surface area (Å²) in [6.45, 7) is 6.26. The Hall–Kier alpha value is -0.900. The Labute approximate surface area is 77.5 Å². The van der Waals surface area contributed by atoms with Gasteiger partial charge in [-0.1, -0.05) is 19.0 Å². The van der Waals surface area contributed by atoms with Crippen molar-refractivity contribution >= 4 is 0 Å². The van der Waals surface area contributed by atoms with Gasteiger partial charge < -0.3 is 10.3 Å². The van der Waals surface area contributed by atoms with Crippen LogP contribution in [0.3, 0.4) is 0 Å². The highest BCUT2D eigenvalue weighted by Crippen LogP contribution is 2.57. The maximum Gasteiger partial charge on any atom is 0.243 e. The Bertz CT molecular complexity index is 316. The lowest BCUT2D eigenvalue weighted by molar-refractivity contribution is 0.356. The predicted molar refractivity (Wildman–Crippen MR) is 48.0 cm³/mol. The molecule has 13 heavy (non-hydrogen) atoms. The van der Waals surface area contributed by atoms with E-state index in [0.717, 1.165) is 12.2 Å². The third-order valence-corrected chi connectivity index (χ3v) is 2.67. The van der Waals surface area contributed by atoms with Crippen LogP contribution in [0.25, 0.3) is 0 Å². The van der Waals surface area contributed by atoms with Gasteiger partial charge in [0.15, 0.2) is 5.82 Å². The molecule has 1 unspecified atom stereocenters. The lowest BCUT2D eigenvalue weighted by Gasteiger charge is -1.96.